The molecule has 2 atom stereocenters. The quantitative estimate of drug-likeness (QED) is 0.734. The topological polar surface area (TPSA) is 63.7 Å². The lowest BCUT2D eigenvalue weighted by Gasteiger charge is -2.38. The average Bonchev–Trinajstić information content (AvgIpc) is 2.68. The minimum Gasteiger partial charge on any atom is -0.466 e. The van der Waals surface area contributed by atoms with Crippen molar-refractivity contribution in [3.63, 3.8) is 0 Å². The van der Waals surface area contributed by atoms with Gasteiger partial charge in [-0.25, -0.2) is 8.42 Å². The number of hydrogen-bond donors (Lipinski definition) is 0. The van der Waals surface area contributed by atoms with Crippen LogP contribution in [0.1, 0.15) is 36.9 Å². The van der Waals surface area contributed by atoms with E-state index in [0.717, 1.165) is 5.56 Å². The molecule has 5 nitrogen and oxygen atoms in total. The first-order valence-electron chi connectivity index (χ1n) is 9.24. The van der Waals surface area contributed by atoms with E-state index in [1.54, 1.807) is 32.0 Å². The van der Waals surface area contributed by atoms with Crippen LogP contribution in [0.3, 0.4) is 0 Å². The fourth-order valence-electron chi connectivity index (χ4n) is 3.64. The summed E-state index contributed by atoms with van der Waals surface area (Å²) < 4.78 is 33.6. The van der Waals surface area contributed by atoms with Crippen LogP contribution in [0.4, 0.5) is 0 Å². The Morgan fingerprint density at radius 3 is 2.41 bits per heavy atom. The Kier molecular flexibility index (Phi) is 5.97. The first-order chi connectivity index (χ1) is 12.9. The van der Waals surface area contributed by atoms with Crippen molar-refractivity contribution < 1.29 is 17.9 Å². The molecule has 0 amide bonds. The first-order valence-corrected chi connectivity index (χ1v) is 10.7. The highest BCUT2D eigenvalue weighted by atomic mass is 32.2. The summed E-state index contributed by atoms with van der Waals surface area (Å²) in [5, 5.41) is 0. The summed E-state index contributed by atoms with van der Waals surface area (Å²) >= 11 is 0. The van der Waals surface area contributed by atoms with E-state index in [1.807, 2.05) is 36.4 Å². The molecule has 2 unspecified atom stereocenters. The fraction of sp³-hybridized carbons (Fsp3) is 0.381. The predicted octanol–water partition coefficient (Wildman–Crippen LogP) is 3.70. The van der Waals surface area contributed by atoms with Gasteiger partial charge in [-0.15, -0.1) is 0 Å². The molecule has 1 fully saturated rings. The van der Waals surface area contributed by atoms with E-state index in [4.69, 9.17) is 4.74 Å². The van der Waals surface area contributed by atoms with Gasteiger partial charge in [0.2, 0.25) is 10.0 Å². The molecule has 0 saturated carbocycles. The number of benzene rings is 2. The highest BCUT2D eigenvalue weighted by molar-refractivity contribution is 7.89. The maximum atomic E-state index is 13.5. The van der Waals surface area contributed by atoms with Gasteiger partial charge in [0.05, 0.1) is 23.5 Å². The van der Waals surface area contributed by atoms with Crippen molar-refractivity contribution in [3.05, 3.63) is 65.7 Å². The predicted molar refractivity (Wildman–Crippen MR) is 104 cm³/mol. The Morgan fingerprint density at radius 1 is 1.07 bits per heavy atom. The minimum absolute atomic E-state index is 0.134. The monoisotopic (exact) mass is 387 g/mol. The highest BCUT2D eigenvalue weighted by Gasteiger charge is 2.40. The van der Waals surface area contributed by atoms with Crippen molar-refractivity contribution >= 4 is 16.0 Å². The van der Waals surface area contributed by atoms with Crippen molar-refractivity contribution in [2.45, 2.75) is 37.6 Å². The maximum absolute atomic E-state index is 13.5. The normalized spacial score (nSPS) is 21.0. The lowest BCUT2D eigenvalue weighted by Crippen LogP contribution is -2.44. The number of piperidine rings is 1. The molecule has 0 bridgehead atoms. The van der Waals surface area contributed by atoms with Gasteiger partial charge in [0.25, 0.3) is 0 Å². The van der Waals surface area contributed by atoms with Gasteiger partial charge < -0.3 is 4.74 Å². The third-order valence-corrected chi connectivity index (χ3v) is 7.06. The van der Waals surface area contributed by atoms with Gasteiger partial charge in [-0.2, -0.15) is 4.31 Å². The zero-order valence-corrected chi connectivity index (χ0v) is 16.5. The molecule has 1 heterocycles. The van der Waals surface area contributed by atoms with Crippen molar-refractivity contribution in [1.29, 1.82) is 0 Å². The van der Waals surface area contributed by atoms with Crippen LogP contribution >= 0.6 is 0 Å². The summed E-state index contributed by atoms with van der Waals surface area (Å²) in [7, 11) is -3.75. The molecular formula is C21H25NO4S. The zero-order valence-electron chi connectivity index (χ0n) is 15.7. The number of esters is 1. The summed E-state index contributed by atoms with van der Waals surface area (Å²) in [6.45, 7) is 3.98. The van der Waals surface area contributed by atoms with E-state index in [-0.39, 0.29) is 23.5 Å². The SMILES string of the molecule is CCOC(=O)C1CCC(c2ccccc2)N(S(=O)(=O)c2ccccc2C)C1. The van der Waals surface area contributed by atoms with E-state index >= 15 is 0 Å². The lowest BCUT2D eigenvalue weighted by molar-refractivity contribution is -0.149. The van der Waals surface area contributed by atoms with Crippen LogP contribution in [0.25, 0.3) is 0 Å². The van der Waals surface area contributed by atoms with Gasteiger partial charge >= 0.3 is 5.97 Å². The molecule has 144 valence electrons. The van der Waals surface area contributed by atoms with Crippen LogP contribution < -0.4 is 0 Å². The molecule has 0 aromatic heterocycles. The maximum Gasteiger partial charge on any atom is 0.310 e. The number of nitrogens with zero attached hydrogens (tertiary/aromatic N) is 1. The van der Waals surface area contributed by atoms with Crippen molar-refractivity contribution in [2.24, 2.45) is 5.92 Å². The summed E-state index contributed by atoms with van der Waals surface area (Å²) in [6.07, 6.45) is 1.19. The van der Waals surface area contributed by atoms with Gasteiger partial charge in [0.15, 0.2) is 0 Å². The smallest absolute Gasteiger partial charge is 0.310 e. The van der Waals surface area contributed by atoms with Crippen LogP contribution in [0.5, 0.6) is 0 Å². The zero-order chi connectivity index (χ0) is 19.4. The van der Waals surface area contributed by atoms with E-state index in [9.17, 15) is 13.2 Å². The highest BCUT2D eigenvalue weighted by Crippen LogP contribution is 2.38. The van der Waals surface area contributed by atoms with Gasteiger partial charge in [-0.05, 0) is 43.9 Å². The Morgan fingerprint density at radius 2 is 1.74 bits per heavy atom. The number of rotatable bonds is 5. The molecule has 1 saturated heterocycles. The second-order valence-corrected chi connectivity index (χ2v) is 8.65. The number of ether oxygens (including phenoxy) is 1. The Labute approximate surface area is 161 Å². The van der Waals surface area contributed by atoms with Crippen molar-refractivity contribution in [1.82, 2.24) is 4.31 Å². The minimum atomic E-state index is -3.75. The first kappa shape index (κ1) is 19.6. The molecule has 1 aliphatic rings. The third-order valence-electron chi connectivity index (χ3n) is 5.02. The van der Waals surface area contributed by atoms with Crippen LogP contribution in [0, 0.1) is 12.8 Å². The van der Waals surface area contributed by atoms with E-state index in [1.165, 1.54) is 4.31 Å². The van der Waals surface area contributed by atoms with E-state index in [2.05, 4.69) is 0 Å². The molecule has 3 rings (SSSR count). The van der Waals surface area contributed by atoms with Crippen molar-refractivity contribution in [3.8, 4) is 0 Å². The Bertz CT molecular complexity index is 895. The van der Waals surface area contributed by atoms with Crippen molar-refractivity contribution in [2.75, 3.05) is 13.2 Å². The van der Waals surface area contributed by atoms with Crippen LogP contribution in [0.15, 0.2) is 59.5 Å². The summed E-state index contributed by atoms with van der Waals surface area (Å²) in [4.78, 5) is 12.6. The molecule has 2 aromatic carbocycles. The van der Waals surface area contributed by atoms with Crippen LogP contribution in [0.2, 0.25) is 0 Å². The number of hydrogen-bond acceptors (Lipinski definition) is 4. The number of sulfonamides is 1. The second kappa shape index (κ2) is 8.23. The van der Waals surface area contributed by atoms with Gasteiger partial charge in [-0.3, -0.25) is 4.79 Å². The average molecular weight is 388 g/mol. The molecule has 1 aliphatic heterocycles. The standard InChI is InChI=1S/C21H25NO4S/c1-3-26-21(23)18-13-14-19(17-10-5-4-6-11-17)22(15-18)27(24,25)20-12-8-7-9-16(20)2/h4-12,18-19H,3,13-15H2,1-2H3. The molecule has 27 heavy (non-hydrogen) atoms. The van der Waals surface area contributed by atoms with Gasteiger partial charge in [0.1, 0.15) is 0 Å². The number of carbonyl (C=O) groups is 1. The van der Waals surface area contributed by atoms with Crippen LogP contribution in [-0.4, -0.2) is 31.8 Å². The Hall–Kier alpha value is -2.18. The number of aryl methyl sites for hydroxylation is 1. The molecule has 6 heteroatoms. The molecule has 0 spiro atoms. The van der Waals surface area contributed by atoms with E-state index in [0.29, 0.717) is 25.0 Å². The summed E-state index contributed by atoms with van der Waals surface area (Å²) in [5.41, 5.74) is 1.64. The molecule has 0 aliphatic carbocycles. The molecule has 2 aromatic rings. The van der Waals surface area contributed by atoms with E-state index < -0.39 is 15.9 Å². The summed E-state index contributed by atoms with van der Waals surface area (Å²) in [5.74, 6) is -0.766. The van der Waals surface area contributed by atoms with Gasteiger partial charge in [0, 0.05) is 6.54 Å². The Balaban J connectivity index is 2.01. The largest absolute Gasteiger partial charge is 0.466 e. The van der Waals surface area contributed by atoms with Crippen LogP contribution in [-0.2, 0) is 19.6 Å². The van der Waals surface area contributed by atoms with Gasteiger partial charge in [-0.1, -0.05) is 48.5 Å². The third kappa shape index (κ3) is 4.06. The summed E-state index contributed by atoms with van der Waals surface area (Å²) in [6, 6.07) is 16.3. The lowest BCUT2D eigenvalue weighted by atomic mass is 9.91. The fourth-order valence-corrected chi connectivity index (χ4v) is 5.55. The number of carbonyl (C=O) groups excluding carboxylic acids is 1. The molecule has 0 N–H and O–H groups in total. The molecular weight excluding hydrogens is 362 g/mol. The second-order valence-electron chi connectivity index (χ2n) is 6.79. The molecule has 0 radical (unpaired) electrons.